The number of esters is 2. The summed E-state index contributed by atoms with van der Waals surface area (Å²) in [6.07, 6.45) is 0.664. The fraction of sp³-hybridized carbons (Fsp3) is 0.222. The van der Waals surface area contributed by atoms with Crippen LogP contribution in [-0.4, -0.2) is 26.2 Å². The van der Waals surface area contributed by atoms with Crippen molar-refractivity contribution in [1.82, 2.24) is 0 Å². The molecule has 0 atom stereocenters. The SMILES string of the molecule is CCc1cc(Sc2ccccc2C(=O)OC)c(N)cc1C(=O)OC. The molecule has 0 spiro atoms. The number of rotatable bonds is 5. The van der Waals surface area contributed by atoms with Crippen molar-refractivity contribution in [2.75, 3.05) is 20.0 Å². The minimum absolute atomic E-state index is 0.404. The third-order valence-electron chi connectivity index (χ3n) is 3.53. The van der Waals surface area contributed by atoms with Crippen molar-refractivity contribution in [1.29, 1.82) is 0 Å². The van der Waals surface area contributed by atoms with E-state index in [-0.39, 0.29) is 0 Å². The van der Waals surface area contributed by atoms with Crippen molar-refractivity contribution < 1.29 is 19.1 Å². The second-order valence-electron chi connectivity index (χ2n) is 4.98. The van der Waals surface area contributed by atoms with Crippen LogP contribution in [0, 0.1) is 0 Å². The summed E-state index contributed by atoms with van der Waals surface area (Å²) >= 11 is 1.36. The van der Waals surface area contributed by atoms with E-state index in [0.29, 0.717) is 23.2 Å². The molecule has 0 radical (unpaired) electrons. The van der Waals surface area contributed by atoms with Crippen LogP contribution in [-0.2, 0) is 15.9 Å². The van der Waals surface area contributed by atoms with E-state index in [4.69, 9.17) is 15.2 Å². The molecule has 2 aromatic carbocycles. The number of methoxy groups -OCH3 is 2. The zero-order chi connectivity index (χ0) is 17.7. The second kappa shape index (κ2) is 7.88. The molecule has 2 N–H and O–H groups in total. The Morgan fingerprint density at radius 2 is 1.62 bits per heavy atom. The van der Waals surface area contributed by atoms with Crippen LogP contribution >= 0.6 is 11.8 Å². The van der Waals surface area contributed by atoms with Gasteiger partial charge in [0.05, 0.1) is 25.3 Å². The monoisotopic (exact) mass is 345 g/mol. The molecule has 0 aliphatic rings. The van der Waals surface area contributed by atoms with Crippen LogP contribution in [0.3, 0.4) is 0 Å². The van der Waals surface area contributed by atoms with Crippen molar-refractivity contribution in [2.45, 2.75) is 23.1 Å². The van der Waals surface area contributed by atoms with Gasteiger partial charge in [-0.05, 0) is 36.2 Å². The summed E-state index contributed by atoms with van der Waals surface area (Å²) in [4.78, 5) is 25.3. The van der Waals surface area contributed by atoms with Crippen LogP contribution in [0.25, 0.3) is 0 Å². The average Bonchev–Trinajstić information content (AvgIpc) is 2.62. The summed E-state index contributed by atoms with van der Waals surface area (Å²) in [6.45, 7) is 1.95. The van der Waals surface area contributed by atoms with E-state index in [9.17, 15) is 9.59 Å². The molecule has 24 heavy (non-hydrogen) atoms. The van der Waals surface area contributed by atoms with Gasteiger partial charge in [-0.3, -0.25) is 0 Å². The van der Waals surface area contributed by atoms with Crippen LogP contribution in [0.1, 0.15) is 33.2 Å². The minimum Gasteiger partial charge on any atom is -0.465 e. The van der Waals surface area contributed by atoms with Gasteiger partial charge >= 0.3 is 11.9 Å². The van der Waals surface area contributed by atoms with Crippen molar-refractivity contribution in [3.05, 3.63) is 53.1 Å². The predicted molar refractivity (Wildman–Crippen MR) is 93.5 cm³/mol. The first-order valence-corrected chi connectivity index (χ1v) is 8.19. The summed E-state index contributed by atoms with van der Waals surface area (Å²) in [6, 6.07) is 10.6. The number of aryl methyl sites for hydroxylation is 1. The zero-order valence-corrected chi connectivity index (χ0v) is 14.6. The van der Waals surface area contributed by atoms with Crippen LogP contribution in [0.2, 0.25) is 0 Å². The van der Waals surface area contributed by atoms with Crippen LogP contribution in [0.5, 0.6) is 0 Å². The highest BCUT2D eigenvalue weighted by atomic mass is 32.2. The highest BCUT2D eigenvalue weighted by Crippen LogP contribution is 2.36. The zero-order valence-electron chi connectivity index (χ0n) is 13.8. The van der Waals surface area contributed by atoms with E-state index in [1.54, 1.807) is 18.2 Å². The largest absolute Gasteiger partial charge is 0.465 e. The van der Waals surface area contributed by atoms with Gasteiger partial charge in [0.15, 0.2) is 0 Å². The summed E-state index contributed by atoms with van der Waals surface area (Å²) in [5, 5.41) is 0. The van der Waals surface area contributed by atoms with Crippen LogP contribution < -0.4 is 5.73 Å². The van der Waals surface area contributed by atoms with E-state index >= 15 is 0 Å². The van der Waals surface area contributed by atoms with E-state index in [1.807, 2.05) is 25.1 Å². The van der Waals surface area contributed by atoms with Gasteiger partial charge in [0.25, 0.3) is 0 Å². The first kappa shape index (κ1) is 17.9. The number of nitrogen functional groups attached to an aromatic ring is 1. The van der Waals surface area contributed by atoms with E-state index in [1.165, 1.54) is 26.0 Å². The Morgan fingerprint density at radius 3 is 2.25 bits per heavy atom. The number of hydrogen-bond acceptors (Lipinski definition) is 6. The maximum atomic E-state index is 11.9. The Morgan fingerprint density at radius 1 is 1.00 bits per heavy atom. The quantitative estimate of drug-likeness (QED) is 0.659. The molecule has 2 rings (SSSR count). The van der Waals surface area contributed by atoms with Crippen molar-refractivity contribution in [3.8, 4) is 0 Å². The average molecular weight is 345 g/mol. The summed E-state index contributed by atoms with van der Waals surface area (Å²) in [5.41, 5.74) is 8.33. The lowest BCUT2D eigenvalue weighted by atomic mass is 10.0. The van der Waals surface area contributed by atoms with Crippen LogP contribution in [0.15, 0.2) is 46.2 Å². The van der Waals surface area contributed by atoms with Gasteiger partial charge in [-0.1, -0.05) is 30.8 Å². The molecule has 0 saturated carbocycles. The van der Waals surface area contributed by atoms with E-state index in [2.05, 4.69) is 0 Å². The predicted octanol–water partition coefficient (Wildman–Crippen LogP) is 3.56. The van der Waals surface area contributed by atoms with Crippen molar-refractivity contribution in [2.24, 2.45) is 0 Å². The number of carbonyl (C=O) groups excluding carboxylic acids is 2. The first-order chi connectivity index (χ1) is 11.5. The molecular weight excluding hydrogens is 326 g/mol. The summed E-state index contributed by atoms with van der Waals surface area (Å²) in [5.74, 6) is -0.816. The van der Waals surface area contributed by atoms with E-state index in [0.717, 1.165) is 15.4 Å². The molecule has 0 saturated heterocycles. The van der Waals surface area contributed by atoms with Crippen molar-refractivity contribution >= 4 is 29.4 Å². The molecule has 0 unspecified atom stereocenters. The van der Waals surface area contributed by atoms with Crippen LogP contribution in [0.4, 0.5) is 5.69 Å². The maximum Gasteiger partial charge on any atom is 0.339 e. The third kappa shape index (κ3) is 3.71. The van der Waals surface area contributed by atoms with Gasteiger partial charge in [-0.2, -0.15) is 0 Å². The Balaban J connectivity index is 2.45. The lowest BCUT2D eigenvalue weighted by Crippen LogP contribution is -2.07. The topological polar surface area (TPSA) is 78.6 Å². The molecule has 0 aliphatic carbocycles. The van der Waals surface area contributed by atoms with E-state index < -0.39 is 11.9 Å². The molecule has 0 aliphatic heterocycles. The Kier molecular flexibility index (Phi) is 5.87. The number of nitrogens with two attached hydrogens (primary N) is 1. The minimum atomic E-state index is -0.412. The van der Waals surface area contributed by atoms with Gasteiger partial charge < -0.3 is 15.2 Å². The molecule has 5 nitrogen and oxygen atoms in total. The number of hydrogen-bond donors (Lipinski definition) is 1. The first-order valence-electron chi connectivity index (χ1n) is 7.37. The molecular formula is C18H19NO4S. The molecule has 0 amide bonds. The summed E-state index contributed by atoms with van der Waals surface area (Å²) in [7, 11) is 2.69. The van der Waals surface area contributed by atoms with Gasteiger partial charge in [-0.15, -0.1) is 0 Å². The smallest absolute Gasteiger partial charge is 0.339 e. The third-order valence-corrected chi connectivity index (χ3v) is 4.68. The Hall–Kier alpha value is -2.47. The number of anilines is 1. The normalized spacial score (nSPS) is 10.3. The molecule has 0 bridgehead atoms. The van der Waals surface area contributed by atoms with Gasteiger partial charge in [0.1, 0.15) is 0 Å². The van der Waals surface area contributed by atoms with Gasteiger partial charge in [0, 0.05) is 15.5 Å². The highest BCUT2D eigenvalue weighted by Gasteiger charge is 2.17. The number of benzene rings is 2. The molecule has 0 fully saturated rings. The fourth-order valence-corrected chi connectivity index (χ4v) is 3.30. The van der Waals surface area contributed by atoms with Gasteiger partial charge in [0.2, 0.25) is 0 Å². The lowest BCUT2D eigenvalue weighted by molar-refractivity contribution is 0.0589. The molecule has 0 heterocycles. The Bertz CT molecular complexity index is 774. The van der Waals surface area contributed by atoms with Gasteiger partial charge in [-0.25, -0.2) is 9.59 Å². The molecule has 0 aromatic heterocycles. The molecule has 6 heteroatoms. The lowest BCUT2D eigenvalue weighted by Gasteiger charge is -2.13. The molecule has 2 aromatic rings. The highest BCUT2D eigenvalue weighted by molar-refractivity contribution is 7.99. The number of carbonyl (C=O) groups is 2. The fourth-order valence-electron chi connectivity index (χ4n) is 2.27. The Labute approximate surface area is 145 Å². The molecule has 126 valence electrons. The standard InChI is InChI=1S/C18H19NO4S/c1-4-11-9-16(14(19)10-13(11)18(21)23-3)24-15-8-6-5-7-12(15)17(20)22-2/h5-10H,4,19H2,1-3H3. The maximum absolute atomic E-state index is 11.9. The number of ether oxygens (including phenoxy) is 2. The summed E-state index contributed by atoms with van der Waals surface area (Å²) < 4.78 is 9.60. The van der Waals surface area contributed by atoms with Crippen molar-refractivity contribution in [3.63, 3.8) is 0 Å². The second-order valence-corrected chi connectivity index (χ2v) is 6.07.